The lowest BCUT2D eigenvalue weighted by Gasteiger charge is -2.09. The Hall–Kier alpha value is -1.81. The topological polar surface area (TPSA) is 44.5 Å². The van der Waals surface area contributed by atoms with Gasteiger partial charge in [-0.05, 0) is 29.8 Å². The van der Waals surface area contributed by atoms with Crippen LogP contribution in [0, 0.1) is 0 Å². The Morgan fingerprint density at radius 3 is 2.37 bits per heavy atom. The van der Waals surface area contributed by atoms with Crippen LogP contribution in [0.25, 0.3) is 0 Å². The molecule has 100 valence electrons. The molecular formula is C15H17NO2S. The quantitative estimate of drug-likeness (QED) is 0.669. The van der Waals surface area contributed by atoms with E-state index in [0.717, 1.165) is 22.1 Å². The minimum absolute atomic E-state index is 0.698. The second kappa shape index (κ2) is 6.38. The number of hydrogen-bond donors (Lipinski definition) is 1. The number of methoxy groups -OCH3 is 2. The fourth-order valence-corrected chi connectivity index (χ4v) is 2.66. The average molecular weight is 275 g/mol. The first kappa shape index (κ1) is 13.6. The maximum Gasteiger partial charge on any atom is 0.142 e. The van der Waals surface area contributed by atoms with Crippen LogP contribution in [0.4, 0.5) is 5.69 Å². The Morgan fingerprint density at radius 1 is 1.00 bits per heavy atom. The van der Waals surface area contributed by atoms with Gasteiger partial charge >= 0.3 is 0 Å². The van der Waals surface area contributed by atoms with Crippen LogP contribution in [0.15, 0.2) is 47.4 Å². The molecule has 0 radical (unpaired) electrons. The molecule has 0 heterocycles. The highest BCUT2D eigenvalue weighted by molar-refractivity contribution is 7.98. The summed E-state index contributed by atoms with van der Waals surface area (Å²) in [6.07, 6.45) is 0. The fourth-order valence-electron chi connectivity index (χ4n) is 1.71. The summed E-state index contributed by atoms with van der Waals surface area (Å²) in [5.74, 6) is 2.45. The average Bonchev–Trinajstić information content (AvgIpc) is 2.47. The number of rotatable bonds is 5. The van der Waals surface area contributed by atoms with Crippen LogP contribution in [0.2, 0.25) is 0 Å². The van der Waals surface area contributed by atoms with Crippen molar-refractivity contribution in [3.8, 4) is 11.5 Å². The van der Waals surface area contributed by atoms with E-state index in [2.05, 4.69) is 12.1 Å². The smallest absolute Gasteiger partial charge is 0.142 e. The van der Waals surface area contributed by atoms with Crippen LogP contribution in [0.5, 0.6) is 11.5 Å². The van der Waals surface area contributed by atoms with Crippen LogP contribution in [-0.4, -0.2) is 14.2 Å². The van der Waals surface area contributed by atoms with Gasteiger partial charge in [-0.1, -0.05) is 18.2 Å². The number of hydrogen-bond acceptors (Lipinski definition) is 4. The van der Waals surface area contributed by atoms with Crippen molar-refractivity contribution in [3.63, 3.8) is 0 Å². The third kappa shape index (κ3) is 3.35. The number of thioether (sulfide) groups is 1. The van der Waals surface area contributed by atoms with Crippen molar-refractivity contribution >= 4 is 17.4 Å². The summed E-state index contributed by atoms with van der Waals surface area (Å²) < 4.78 is 10.4. The lowest BCUT2D eigenvalue weighted by molar-refractivity contribution is 0.414. The molecule has 0 unspecified atom stereocenters. The van der Waals surface area contributed by atoms with E-state index in [9.17, 15) is 0 Å². The summed E-state index contributed by atoms with van der Waals surface area (Å²) in [4.78, 5) is 1.04. The third-order valence-electron chi connectivity index (χ3n) is 2.80. The molecule has 0 aliphatic rings. The summed E-state index contributed by atoms with van der Waals surface area (Å²) in [5.41, 5.74) is 7.97. The molecule has 2 rings (SSSR count). The molecule has 2 aromatic rings. The number of ether oxygens (including phenoxy) is 2. The van der Waals surface area contributed by atoms with Crippen molar-refractivity contribution in [3.05, 3.63) is 48.0 Å². The van der Waals surface area contributed by atoms with Gasteiger partial charge in [0, 0.05) is 10.6 Å². The molecule has 0 saturated carbocycles. The lowest BCUT2D eigenvalue weighted by atomic mass is 10.2. The summed E-state index contributed by atoms with van der Waals surface area (Å²) >= 11 is 1.70. The van der Waals surface area contributed by atoms with Gasteiger partial charge in [-0.25, -0.2) is 0 Å². The van der Waals surface area contributed by atoms with Crippen molar-refractivity contribution < 1.29 is 9.47 Å². The van der Waals surface area contributed by atoms with Crippen molar-refractivity contribution in [2.24, 2.45) is 0 Å². The van der Waals surface area contributed by atoms with Crippen molar-refractivity contribution in [2.45, 2.75) is 10.6 Å². The molecule has 0 amide bonds. The van der Waals surface area contributed by atoms with E-state index in [1.807, 2.05) is 30.3 Å². The van der Waals surface area contributed by atoms with E-state index in [1.165, 1.54) is 5.56 Å². The van der Waals surface area contributed by atoms with Crippen LogP contribution in [0.1, 0.15) is 5.56 Å². The zero-order valence-electron chi connectivity index (χ0n) is 11.1. The maximum atomic E-state index is 6.04. The first-order valence-corrected chi connectivity index (χ1v) is 6.91. The van der Waals surface area contributed by atoms with Gasteiger partial charge in [0.15, 0.2) is 0 Å². The molecule has 0 bridgehead atoms. The highest BCUT2D eigenvalue weighted by Crippen LogP contribution is 2.34. The van der Waals surface area contributed by atoms with E-state index < -0.39 is 0 Å². The molecule has 19 heavy (non-hydrogen) atoms. The Kier molecular flexibility index (Phi) is 4.58. The number of anilines is 1. The van der Waals surface area contributed by atoms with Gasteiger partial charge < -0.3 is 15.2 Å². The first-order valence-electron chi connectivity index (χ1n) is 5.93. The molecule has 2 N–H and O–H groups in total. The Balaban J connectivity index is 2.05. The predicted molar refractivity (Wildman–Crippen MR) is 80.0 cm³/mol. The molecule has 4 heteroatoms. The van der Waals surface area contributed by atoms with Gasteiger partial charge in [0.2, 0.25) is 0 Å². The minimum atomic E-state index is 0.698. The van der Waals surface area contributed by atoms with Crippen molar-refractivity contribution in [1.29, 1.82) is 0 Å². The first-order chi connectivity index (χ1) is 9.24. The Labute approximate surface area is 117 Å². The summed E-state index contributed by atoms with van der Waals surface area (Å²) in [6, 6.07) is 13.9. The zero-order chi connectivity index (χ0) is 13.7. The van der Waals surface area contributed by atoms with Gasteiger partial charge in [-0.3, -0.25) is 0 Å². The third-order valence-corrected chi connectivity index (χ3v) is 3.94. The molecule has 0 spiro atoms. The molecule has 0 fully saturated rings. The summed E-state index contributed by atoms with van der Waals surface area (Å²) in [5, 5.41) is 0. The second-order valence-electron chi connectivity index (χ2n) is 4.01. The maximum absolute atomic E-state index is 6.04. The molecule has 0 aliphatic heterocycles. The van der Waals surface area contributed by atoms with Gasteiger partial charge in [-0.2, -0.15) is 0 Å². The van der Waals surface area contributed by atoms with Crippen LogP contribution < -0.4 is 15.2 Å². The van der Waals surface area contributed by atoms with E-state index in [0.29, 0.717) is 5.69 Å². The summed E-state index contributed by atoms with van der Waals surface area (Å²) in [6.45, 7) is 0. The van der Waals surface area contributed by atoms with Gasteiger partial charge in [0.05, 0.1) is 19.9 Å². The standard InChI is InChI=1S/C15H17NO2S/c1-17-12-8-6-11(7-9-12)10-19-14-5-3-4-13(18-2)15(14)16/h3-9H,10,16H2,1-2H3. The Bertz CT molecular complexity index is 540. The van der Waals surface area contributed by atoms with Gasteiger partial charge in [-0.15, -0.1) is 11.8 Å². The molecule has 2 aromatic carbocycles. The molecule has 3 nitrogen and oxygen atoms in total. The van der Waals surface area contributed by atoms with Gasteiger partial charge in [0.1, 0.15) is 11.5 Å². The Morgan fingerprint density at radius 2 is 1.74 bits per heavy atom. The highest BCUT2D eigenvalue weighted by atomic mass is 32.2. The van der Waals surface area contributed by atoms with Crippen molar-refractivity contribution in [2.75, 3.05) is 20.0 Å². The van der Waals surface area contributed by atoms with E-state index in [1.54, 1.807) is 26.0 Å². The molecule has 0 aliphatic carbocycles. The van der Waals surface area contributed by atoms with E-state index in [4.69, 9.17) is 15.2 Å². The van der Waals surface area contributed by atoms with Gasteiger partial charge in [0.25, 0.3) is 0 Å². The van der Waals surface area contributed by atoms with Crippen LogP contribution in [-0.2, 0) is 5.75 Å². The van der Waals surface area contributed by atoms with E-state index >= 15 is 0 Å². The lowest BCUT2D eigenvalue weighted by Crippen LogP contribution is -1.94. The minimum Gasteiger partial charge on any atom is -0.497 e. The second-order valence-corrected chi connectivity index (χ2v) is 5.03. The highest BCUT2D eigenvalue weighted by Gasteiger charge is 2.05. The summed E-state index contributed by atoms with van der Waals surface area (Å²) in [7, 11) is 3.30. The molecular weight excluding hydrogens is 258 g/mol. The van der Waals surface area contributed by atoms with Crippen LogP contribution in [0.3, 0.4) is 0 Å². The van der Waals surface area contributed by atoms with Crippen LogP contribution >= 0.6 is 11.8 Å². The number of nitrogen functional groups attached to an aromatic ring is 1. The number of nitrogens with two attached hydrogens (primary N) is 1. The molecule has 0 aromatic heterocycles. The largest absolute Gasteiger partial charge is 0.497 e. The molecule has 0 saturated heterocycles. The number of benzene rings is 2. The fraction of sp³-hybridized carbons (Fsp3) is 0.200. The van der Waals surface area contributed by atoms with Crippen molar-refractivity contribution in [1.82, 2.24) is 0 Å². The van der Waals surface area contributed by atoms with E-state index in [-0.39, 0.29) is 0 Å². The zero-order valence-corrected chi connectivity index (χ0v) is 11.9. The SMILES string of the molecule is COc1ccc(CSc2cccc(OC)c2N)cc1. The number of para-hydroxylation sites is 1. The predicted octanol–water partition coefficient (Wildman–Crippen LogP) is 3.58. The molecule has 0 atom stereocenters. The normalized spacial score (nSPS) is 10.2. The monoisotopic (exact) mass is 275 g/mol.